The van der Waals surface area contributed by atoms with Crippen molar-refractivity contribution in [2.45, 2.75) is 39.7 Å². The minimum absolute atomic E-state index is 0.494. The first kappa shape index (κ1) is 15.5. The van der Waals surface area contributed by atoms with Gasteiger partial charge in [0.05, 0.1) is 5.41 Å². The van der Waals surface area contributed by atoms with Crippen LogP contribution in [0.2, 0.25) is 0 Å². The lowest BCUT2D eigenvalue weighted by Crippen LogP contribution is -2.43. The highest BCUT2D eigenvalue weighted by Crippen LogP contribution is 2.35. The Hall–Kier alpha value is -0.870. The predicted molar refractivity (Wildman–Crippen MR) is 83.7 cm³/mol. The van der Waals surface area contributed by atoms with Gasteiger partial charge in [-0.15, -0.1) is 0 Å². The zero-order valence-electron chi connectivity index (χ0n) is 12.2. The van der Waals surface area contributed by atoms with E-state index in [9.17, 15) is 9.90 Å². The Bertz CT molecular complexity index is 493. The van der Waals surface area contributed by atoms with Crippen LogP contribution in [0, 0.1) is 12.3 Å². The number of hydrogen-bond acceptors (Lipinski definition) is 2. The molecule has 1 aromatic carbocycles. The molecule has 1 aliphatic rings. The molecule has 0 atom stereocenters. The second-order valence-electron chi connectivity index (χ2n) is 5.80. The van der Waals surface area contributed by atoms with Crippen LogP contribution in [0.15, 0.2) is 22.7 Å². The van der Waals surface area contributed by atoms with E-state index in [0.29, 0.717) is 0 Å². The Morgan fingerprint density at radius 2 is 2.05 bits per heavy atom. The molecule has 0 amide bonds. The van der Waals surface area contributed by atoms with E-state index in [1.165, 1.54) is 11.1 Å². The number of carbonyl (C=O) groups is 1. The molecule has 0 aliphatic carbocycles. The maximum atomic E-state index is 11.4. The van der Waals surface area contributed by atoms with Gasteiger partial charge in [-0.05, 0) is 56.5 Å². The molecule has 1 heterocycles. The number of likely N-dealkylation sites (tertiary alicyclic amines) is 1. The molecule has 0 saturated carbocycles. The quantitative estimate of drug-likeness (QED) is 0.906. The van der Waals surface area contributed by atoms with Gasteiger partial charge in [-0.1, -0.05) is 35.0 Å². The SMILES string of the molecule is CCC1(C(=O)O)CCN(Cc2ccc(Br)c(C)c2)CC1. The summed E-state index contributed by atoms with van der Waals surface area (Å²) in [4.78, 5) is 13.8. The summed E-state index contributed by atoms with van der Waals surface area (Å²) >= 11 is 3.52. The first-order valence-corrected chi connectivity index (χ1v) is 7.97. The van der Waals surface area contributed by atoms with Crippen LogP contribution in [0.3, 0.4) is 0 Å². The molecule has 110 valence electrons. The third kappa shape index (κ3) is 3.23. The van der Waals surface area contributed by atoms with Crippen molar-refractivity contribution in [1.82, 2.24) is 4.90 Å². The molecule has 0 aromatic heterocycles. The van der Waals surface area contributed by atoms with E-state index in [2.05, 4.69) is 46.0 Å². The summed E-state index contributed by atoms with van der Waals surface area (Å²) < 4.78 is 1.13. The van der Waals surface area contributed by atoms with Crippen LogP contribution in [0.4, 0.5) is 0 Å². The molecule has 20 heavy (non-hydrogen) atoms. The van der Waals surface area contributed by atoms with Crippen molar-refractivity contribution in [1.29, 1.82) is 0 Å². The van der Waals surface area contributed by atoms with Crippen LogP contribution in [-0.4, -0.2) is 29.1 Å². The fourth-order valence-electron chi connectivity index (χ4n) is 2.92. The number of rotatable bonds is 4. The maximum Gasteiger partial charge on any atom is 0.309 e. The highest BCUT2D eigenvalue weighted by atomic mass is 79.9. The molecule has 1 saturated heterocycles. The highest BCUT2D eigenvalue weighted by molar-refractivity contribution is 9.10. The molecule has 0 spiro atoms. The largest absolute Gasteiger partial charge is 0.481 e. The topological polar surface area (TPSA) is 40.5 Å². The van der Waals surface area contributed by atoms with E-state index in [-0.39, 0.29) is 0 Å². The number of halogens is 1. The molecule has 3 nitrogen and oxygen atoms in total. The van der Waals surface area contributed by atoms with Gasteiger partial charge in [-0.3, -0.25) is 9.69 Å². The van der Waals surface area contributed by atoms with Gasteiger partial charge in [0.15, 0.2) is 0 Å². The van der Waals surface area contributed by atoms with Crippen LogP contribution in [0.5, 0.6) is 0 Å². The third-order valence-electron chi connectivity index (χ3n) is 4.57. The van der Waals surface area contributed by atoms with Gasteiger partial charge in [0, 0.05) is 11.0 Å². The molecule has 2 rings (SSSR count). The van der Waals surface area contributed by atoms with E-state index < -0.39 is 11.4 Å². The van der Waals surface area contributed by atoms with Crippen LogP contribution in [0.1, 0.15) is 37.3 Å². The first-order chi connectivity index (χ1) is 9.47. The molecule has 1 fully saturated rings. The fraction of sp³-hybridized carbons (Fsp3) is 0.562. The average Bonchev–Trinajstić information content (AvgIpc) is 2.44. The van der Waals surface area contributed by atoms with E-state index in [4.69, 9.17) is 0 Å². The number of carboxylic acid groups (broad SMARTS) is 1. The number of benzene rings is 1. The minimum atomic E-state index is -0.626. The van der Waals surface area contributed by atoms with Crippen molar-refractivity contribution in [3.63, 3.8) is 0 Å². The van der Waals surface area contributed by atoms with Crippen LogP contribution >= 0.6 is 15.9 Å². The van der Waals surface area contributed by atoms with E-state index in [1.807, 2.05) is 6.92 Å². The number of nitrogens with zero attached hydrogens (tertiary/aromatic N) is 1. The average molecular weight is 340 g/mol. The second kappa shape index (κ2) is 6.27. The molecule has 1 aliphatic heterocycles. The van der Waals surface area contributed by atoms with Crippen LogP contribution in [-0.2, 0) is 11.3 Å². The standard InChI is InChI=1S/C16H22BrNO2/c1-3-16(15(19)20)6-8-18(9-7-16)11-13-4-5-14(17)12(2)10-13/h4-5,10H,3,6-9,11H2,1-2H3,(H,19,20). The third-order valence-corrected chi connectivity index (χ3v) is 5.46. The summed E-state index contributed by atoms with van der Waals surface area (Å²) in [6.45, 7) is 6.73. The lowest BCUT2D eigenvalue weighted by molar-refractivity contribution is -0.152. The van der Waals surface area contributed by atoms with Crippen molar-refractivity contribution in [2.75, 3.05) is 13.1 Å². The Balaban J connectivity index is 1.97. The number of hydrogen-bond donors (Lipinski definition) is 1. The fourth-order valence-corrected chi connectivity index (χ4v) is 3.17. The van der Waals surface area contributed by atoms with Gasteiger partial charge < -0.3 is 5.11 Å². The predicted octanol–water partition coefficient (Wildman–Crippen LogP) is 3.83. The molecular weight excluding hydrogens is 318 g/mol. The van der Waals surface area contributed by atoms with E-state index >= 15 is 0 Å². The highest BCUT2D eigenvalue weighted by Gasteiger charge is 2.39. The number of aliphatic carboxylic acids is 1. The Labute approximate surface area is 129 Å². The van der Waals surface area contributed by atoms with Gasteiger partial charge >= 0.3 is 5.97 Å². The van der Waals surface area contributed by atoms with Crippen molar-refractivity contribution in [3.8, 4) is 0 Å². The molecule has 4 heteroatoms. The zero-order valence-corrected chi connectivity index (χ0v) is 13.7. The molecule has 1 N–H and O–H groups in total. The minimum Gasteiger partial charge on any atom is -0.481 e. The van der Waals surface area contributed by atoms with E-state index in [1.54, 1.807) is 0 Å². The second-order valence-corrected chi connectivity index (χ2v) is 6.65. The number of carboxylic acids is 1. The summed E-state index contributed by atoms with van der Waals surface area (Å²) in [7, 11) is 0. The molecule has 1 aromatic rings. The van der Waals surface area contributed by atoms with Crippen LogP contribution in [0.25, 0.3) is 0 Å². The molecular formula is C16H22BrNO2. The number of piperidine rings is 1. The van der Waals surface area contributed by atoms with Crippen molar-refractivity contribution < 1.29 is 9.90 Å². The smallest absolute Gasteiger partial charge is 0.309 e. The van der Waals surface area contributed by atoms with E-state index in [0.717, 1.165) is 43.4 Å². The lowest BCUT2D eigenvalue weighted by Gasteiger charge is -2.38. The summed E-state index contributed by atoms with van der Waals surface area (Å²) in [5.41, 5.74) is 2.05. The Kier molecular flexibility index (Phi) is 4.86. The van der Waals surface area contributed by atoms with Crippen LogP contribution < -0.4 is 0 Å². The maximum absolute atomic E-state index is 11.4. The van der Waals surface area contributed by atoms with Gasteiger partial charge in [0.1, 0.15) is 0 Å². The Morgan fingerprint density at radius 3 is 2.55 bits per heavy atom. The molecule has 0 unspecified atom stereocenters. The summed E-state index contributed by atoms with van der Waals surface area (Å²) in [5, 5.41) is 9.41. The van der Waals surface area contributed by atoms with Gasteiger partial charge in [-0.25, -0.2) is 0 Å². The van der Waals surface area contributed by atoms with Crippen molar-refractivity contribution >= 4 is 21.9 Å². The molecule has 0 bridgehead atoms. The summed E-state index contributed by atoms with van der Waals surface area (Å²) in [6, 6.07) is 6.42. The molecule has 0 radical (unpaired) electrons. The summed E-state index contributed by atoms with van der Waals surface area (Å²) in [6.07, 6.45) is 2.25. The van der Waals surface area contributed by atoms with Gasteiger partial charge in [0.25, 0.3) is 0 Å². The van der Waals surface area contributed by atoms with Gasteiger partial charge in [-0.2, -0.15) is 0 Å². The Morgan fingerprint density at radius 1 is 1.40 bits per heavy atom. The normalized spacial score (nSPS) is 18.9. The van der Waals surface area contributed by atoms with Gasteiger partial charge in [0.2, 0.25) is 0 Å². The summed E-state index contributed by atoms with van der Waals surface area (Å²) in [5.74, 6) is -0.626. The van der Waals surface area contributed by atoms with Crippen molar-refractivity contribution in [2.24, 2.45) is 5.41 Å². The first-order valence-electron chi connectivity index (χ1n) is 7.17. The lowest BCUT2D eigenvalue weighted by atomic mass is 9.76. The number of aryl methyl sites for hydroxylation is 1. The zero-order chi connectivity index (χ0) is 14.8. The monoisotopic (exact) mass is 339 g/mol. The van der Waals surface area contributed by atoms with Crippen molar-refractivity contribution in [3.05, 3.63) is 33.8 Å².